The van der Waals surface area contributed by atoms with E-state index < -0.39 is 0 Å². The molecule has 3 heterocycles. The number of cyclic esters (lactones) is 1. The summed E-state index contributed by atoms with van der Waals surface area (Å²) >= 11 is 0. The first-order valence-electron chi connectivity index (χ1n) is 6.66. The Hall–Kier alpha value is -0.393. The maximum absolute atomic E-state index is 11.3. The van der Waals surface area contributed by atoms with E-state index in [1.807, 2.05) is 0 Å². The number of ether oxygens (including phenoxy) is 3. The van der Waals surface area contributed by atoms with Crippen LogP contribution in [0.4, 0.5) is 0 Å². The summed E-state index contributed by atoms with van der Waals surface area (Å²) in [5.41, 5.74) is -0.0639. The van der Waals surface area contributed by atoms with Crippen molar-refractivity contribution in [2.75, 3.05) is 13.2 Å². The molecule has 0 aliphatic carbocycles. The van der Waals surface area contributed by atoms with Gasteiger partial charge in [-0.05, 0) is 12.8 Å². The van der Waals surface area contributed by atoms with Crippen molar-refractivity contribution in [2.24, 2.45) is 5.41 Å². The molecule has 1 spiro atoms. The minimum atomic E-state index is -0.0699. The average Bonchev–Trinajstić information content (AvgIpc) is 2.94. The molecule has 3 saturated heterocycles. The van der Waals surface area contributed by atoms with Crippen molar-refractivity contribution < 1.29 is 19.0 Å². The monoisotopic (exact) mass is 256 g/mol. The van der Waals surface area contributed by atoms with E-state index in [1.54, 1.807) is 0 Å². The second-order valence-electron chi connectivity index (χ2n) is 5.58. The van der Waals surface area contributed by atoms with Gasteiger partial charge in [-0.15, -0.1) is 0 Å². The molecule has 0 aromatic heterocycles. The zero-order chi connectivity index (χ0) is 11.9. The average molecular weight is 256 g/mol. The Kier molecular flexibility index (Phi) is 3.00. The standard InChI is InChI=1S/C12H20O4Si/c13-10-6-12(7-15-10)5-8-4-9(11(12)16-8)14-2-1-3-17/h8-9,11H,1-7H2,17H3. The predicted octanol–water partition coefficient (Wildman–Crippen LogP) is 0.0399. The number of carbonyl (C=O) groups is 1. The molecule has 3 aliphatic heterocycles. The molecule has 3 rings (SSSR count). The molecule has 0 aromatic rings. The van der Waals surface area contributed by atoms with Crippen molar-refractivity contribution in [1.29, 1.82) is 0 Å². The van der Waals surface area contributed by atoms with E-state index in [1.165, 1.54) is 16.3 Å². The van der Waals surface area contributed by atoms with Crippen LogP contribution < -0.4 is 0 Å². The highest BCUT2D eigenvalue weighted by Crippen LogP contribution is 2.53. The van der Waals surface area contributed by atoms with E-state index in [-0.39, 0.29) is 29.7 Å². The largest absolute Gasteiger partial charge is 0.465 e. The Morgan fingerprint density at radius 1 is 1.53 bits per heavy atom. The van der Waals surface area contributed by atoms with Gasteiger partial charge >= 0.3 is 5.97 Å². The van der Waals surface area contributed by atoms with Gasteiger partial charge in [0.25, 0.3) is 0 Å². The SMILES string of the molecule is O=C1CC2(CO1)CC1CC(OCCC[SiH3])C2O1. The highest BCUT2D eigenvalue weighted by atomic mass is 28.1. The van der Waals surface area contributed by atoms with E-state index in [0.29, 0.717) is 13.0 Å². The summed E-state index contributed by atoms with van der Waals surface area (Å²) < 4.78 is 17.0. The molecule has 0 amide bonds. The molecule has 0 N–H and O–H groups in total. The van der Waals surface area contributed by atoms with E-state index >= 15 is 0 Å². The van der Waals surface area contributed by atoms with E-state index in [2.05, 4.69) is 0 Å². The van der Waals surface area contributed by atoms with Gasteiger partial charge in [0.05, 0.1) is 24.7 Å². The van der Waals surface area contributed by atoms with Crippen molar-refractivity contribution >= 4 is 16.2 Å². The lowest BCUT2D eigenvalue weighted by Crippen LogP contribution is -2.43. The first-order chi connectivity index (χ1) is 8.23. The van der Waals surface area contributed by atoms with Crippen LogP contribution in [-0.4, -0.2) is 47.7 Å². The molecule has 0 radical (unpaired) electrons. The van der Waals surface area contributed by atoms with Crippen LogP contribution in [0.3, 0.4) is 0 Å². The molecule has 96 valence electrons. The third kappa shape index (κ3) is 1.94. The minimum Gasteiger partial charge on any atom is -0.465 e. The lowest BCUT2D eigenvalue weighted by atomic mass is 9.72. The van der Waals surface area contributed by atoms with Gasteiger partial charge < -0.3 is 14.2 Å². The molecular formula is C12H20O4Si. The maximum Gasteiger partial charge on any atom is 0.306 e. The summed E-state index contributed by atoms with van der Waals surface area (Å²) in [7, 11) is 1.24. The van der Waals surface area contributed by atoms with E-state index in [4.69, 9.17) is 14.2 Å². The summed E-state index contributed by atoms with van der Waals surface area (Å²) in [6, 6.07) is 1.29. The zero-order valence-electron chi connectivity index (χ0n) is 10.3. The predicted molar refractivity (Wildman–Crippen MR) is 65.0 cm³/mol. The van der Waals surface area contributed by atoms with Gasteiger partial charge in [-0.2, -0.15) is 0 Å². The lowest BCUT2D eigenvalue weighted by Gasteiger charge is -2.33. The van der Waals surface area contributed by atoms with Gasteiger partial charge in [0, 0.05) is 28.7 Å². The van der Waals surface area contributed by atoms with Crippen LogP contribution in [0.2, 0.25) is 6.04 Å². The number of hydrogen-bond donors (Lipinski definition) is 0. The topological polar surface area (TPSA) is 44.8 Å². The van der Waals surface area contributed by atoms with Crippen LogP contribution in [0.15, 0.2) is 0 Å². The molecular weight excluding hydrogens is 236 g/mol. The van der Waals surface area contributed by atoms with Crippen LogP contribution in [0.25, 0.3) is 0 Å². The summed E-state index contributed by atoms with van der Waals surface area (Å²) in [5.74, 6) is -0.0699. The Morgan fingerprint density at radius 3 is 3.06 bits per heavy atom. The van der Waals surface area contributed by atoms with Crippen LogP contribution in [-0.2, 0) is 19.0 Å². The van der Waals surface area contributed by atoms with Crippen molar-refractivity contribution in [2.45, 2.75) is 50.0 Å². The van der Waals surface area contributed by atoms with Gasteiger partial charge in [-0.1, -0.05) is 6.04 Å². The van der Waals surface area contributed by atoms with Crippen molar-refractivity contribution in [3.63, 3.8) is 0 Å². The fourth-order valence-electron chi connectivity index (χ4n) is 3.43. The fourth-order valence-corrected chi connectivity index (χ4v) is 3.72. The highest BCUT2D eigenvalue weighted by Gasteiger charge is 2.61. The van der Waals surface area contributed by atoms with Crippen LogP contribution in [0.1, 0.15) is 25.7 Å². The summed E-state index contributed by atoms with van der Waals surface area (Å²) in [5, 5.41) is 0. The number of fused-ring (bicyclic) bond motifs is 3. The third-order valence-corrected chi connectivity index (χ3v) is 4.96. The molecule has 2 bridgehead atoms. The van der Waals surface area contributed by atoms with Gasteiger partial charge in [-0.3, -0.25) is 4.79 Å². The van der Waals surface area contributed by atoms with Gasteiger partial charge in [0.1, 0.15) is 6.61 Å². The first-order valence-corrected chi connectivity index (χ1v) is 8.07. The summed E-state index contributed by atoms with van der Waals surface area (Å²) in [4.78, 5) is 11.3. The molecule has 0 saturated carbocycles. The molecule has 4 nitrogen and oxygen atoms in total. The third-order valence-electron chi connectivity index (χ3n) is 4.26. The van der Waals surface area contributed by atoms with Crippen molar-refractivity contribution in [3.05, 3.63) is 0 Å². The smallest absolute Gasteiger partial charge is 0.306 e. The van der Waals surface area contributed by atoms with Crippen LogP contribution >= 0.6 is 0 Å². The van der Waals surface area contributed by atoms with Gasteiger partial charge in [-0.25, -0.2) is 0 Å². The van der Waals surface area contributed by atoms with Gasteiger partial charge in [0.15, 0.2) is 0 Å². The first kappa shape index (κ1) is 11.7. The molecule has 4 atom stereocenters. The second-order valence-corrected chi connectivity index (χ2v) is 6.58. The molecule has 0 aromatic carbocycles. The van der Waals surface area contributed by atoms with Crippen molar-refractivity contribution in [1.82, 2.24) is 0 Å². The van der Waals surface area contributed by atoms with Gasteiger partial charge in [0.2, 0.25) is 0 Å². The Balaban J connectivity index is 1.64. The summed E-state index contributed by atoms with van der Waals surface area (Å²) in [6.07, 6.45) is 4.23. The summed E-state index contributed by atoms with van der Waals surface area (Å²) in [6.45, 7) is 1.37. The zero-order valence-corrected chi connectivity index (χ0v) is 12.3. The fraction of sp³-hybridized carbons (Fsp3) is 0.917. The number of hydrogen-bond acceptors (Lipinski definition) is 4. The Morgan fingerprint density at radius 2 is 2.41 bits per heavy atom. The maximum atomic E-state index is 11.3. The molecule has 17 heavy (non-hydrogen) atoms. The van der Waals surface area contributed by atoms with Crippen LogP contribution in [0, 0.1) is 5.41 Å². The van der Waals surface area contributed by atoms with E-state index in [9.17, 15) is 4.79 Å². The minimum absolute atomic E-state index is 0.0639. The highest BCUT2D eigenvalue weighted by molar-refractivity contribution is 6.08. The Bertz CT molecular complexity index is 322. The van der Waals surface area contributed by atoms with Crippen LogP contribution in [0.5, 0.6) is 0 Å². The van der Waals surface area contributed by atoms with Crippen molar-refractivity contribution in [3.8, 4) is 0 Å². The number of rotatable bonds is 4. The normalized spacial score (nSPS) is 43.8. The quantitative estimate of drug-likeness (QED) is 0.405. The lowest BCUT2D eigenvalue weighted by molar-refractivity contribution is -0.137. The number of esters is 1. The molecule has 5 heteroatoms. The molecule has 3 aliphatic rings. The second kappa shape index (κ2) is 4.37. The molecule has 4 unspecified atom stereocenters. The van der Waals surface area contributed by atoms with E-state index in [0.717, 1.165) is 25.9 Å². The number of carbonyl (C=O) groups excluding carboxylic acids is 1. The molecule has 3 fully saturated rings. The Labute approximate surface area is 104 Å².